The zero-order valence-corrected chi connectivity index (χ0v) is 23.9. The topological polar surface area (TPSA) is 80.1 Å². The van der Waals surface area contributed by atoms with Crippen molar-refractivity contribution in [2.24, 2.45) is 0 Å². The summed E-state index contributed by atoms with van der Waals surface area (Å²) in [5.41, 5.74) is 3.29. The highest BCUT2D eigenvalue weighted by Crippen LogP contribution is 2.29. The molecule has 0 bridgehead atoms. The van der Waals surface area contributed by atoms with Gasteiger partial charge in [0.05, 0.1) is 22.9 Å². The summed E-state index contributed by atoms with van der Waals surface area (Å²) in [5.74, 6) is 0.379. The van der Waals surface area contributed by atoms with E-state index in [-0.39, 0.29) is 29.1 Å². The van der Waals surface area contributed by atoms with Crippen molar-refractivity contribution in [1.82, 2.24) is 20.1 Å². The van der Waals surface area contributed by atoms with Gasteiger partial charge in [-0.1, -0.05) is 69.1 Å². The second kappa shape index (κ2) is 11.9. The third-order valence-electron chi connectivity index (χ3n) is 6.10. The molecule has 5 rings (SSSR count). The van der Waals surface area contributed by atoms with E-state index in [0.29, 0.717) is 28.1 Å². The molecule has 0 fully saturated rings. The normalized spacial score (nSPS) is 12.8. The number of thioether (sulfide) groups is 1. The smallest absolute Gasteiger partial charge is 0.253 e. The Morgan fingerprint density at radius 1 is 1.03 bits per heavy atom. The van der Waals surface area contributed by atoms with Crippen LogP contribution in [0.3, 0.4) is 0 Å². The lowest BCUT2D eigenvalue weighted by Gasteiger charge is -2.29. The van der Waals surface area contributed by atoms with Gasteiger partial charge in [0, 0.05) is 27.4 Å². The number of rotatable bonds is 7. The van der Waals surface area contributed by atoms with Gasteiger partial charge in [-0.05, 0) is 66.9 Å². The van der Waals surface area contributed by atoms with E-state index in [1.165, 1.54) is 23.4 Å². The van der Waals surface area contributed by atoms with E-state index in [1.807, 2.05) is 51.9 Å². The Bertz CT molecular complexity index is 1500. The van der Waals surface area contributed by atoms with Gasteiger partial charge in [-0.15, -0.1) is 10.2 Å². The van der Waals surface area contributed by atoms with Crippen molar-refractivity contribution in [3.63, 3.8) is 0 Å². The molecule has 3 aromatic carbocycles. The monoisotopic (exact) mass is 629 g/mol. The first kappa shape index (κ1) is 26.7. The average Bonchev–Trinajstić information content (AvgIpc) is 3.33. The molecular weight excluding hydrogens is 609 g/mol. The van der Waals surface area contributed by atoms with Gasteiger partial charge in [0.25, 0.3) is 5.91 Å². The maximum atomic E-state index is 13.2. The molecule has 2 amide bonds. The lowest BCUT2D eigenvalue weighted by Crippen LogP contribution is -2.36. The van der Waals surface area contributed by atoms with Crippen LogP contribution in [0.5, 0.6) is 0 Å². The number of aryl methyl sites for hydroxylation is 1. The molecule has 1 aliphatic heterocycles. The molecule has 0 aliphatic carbocycles. The number of aromatic nitrogens is 3. The van der Waals surface area contributed by atoms with Crippen LogP contribution >= 0.6 is 50.9 Å². The molecule has 11 heteroatoms. The van der Waals surface area contributed by atoms with E-state index in [1.54, 1.807) is 12.1 Å². The van der Waals surface area contributed by atoms with E-state index < -0.39 is 0 Å². The number of nitrogens with zero attached hydrogens (tertiary/aromatic N) is 4. The minimum absolute atomic E-state index is 0.0136. The van der Waals surface area contributed by atoms with E-state index in [9.17, 15) is 9.59 Å². The Labute approximate surface area is 242 Å². The molecule has 0 saturated carbocycles. The van der Waals surface area contributed by atoms with Gasteiger partial charge in [-0.2, -0.15) is 0 Å². The maximum absolute atomic E-state index is 13.2. The average molecular weight is 631 g/mol. The Morgan fingerprint density at radius 3 is 2.61 bits per heavy atom. The Morgan fingerprint density at radius 2 is 1.82 bits per heavy atom. The van der Waals surface area contributed by atoms with Crippen LogP contribution in [-0.2, 0) is 17.8 Å². The summed E-state index contributed by atoms with van der Waals surface area (Å²) in [6.07, 6.45) is 1.91. The van der Waals surface area contributed by atoms with Crippen molar-refractivity contribution in [3.05, 3.63) is 98.2 Å². The molecule has 0 radical (unpaired) electrons. The molecule has 1 N–H and O–H groups in total. The van der Waals surface area contributed by atoms with Crippen LogP contribution in [0.15, 0.2) is 76.4 Å². The summed E-state index contributed by atoms with van der Waals surface area (Å²) in [7, 11) is 0. The number of anilines is 1. The SMILES string of the molecule is O=C(NCc1nnc(SCC(=O)N2CCCc3ccccc32)n1-c1ccc(Br)cc1)c1ccc(Cl)cc1Cl. The summed E-state index contributed by atoms with van der Waals surface area (Å²) in [6, 6.07) is 20.4. The first-order chi connectivity index (χ1) is 18.4. The van der Waals surface area contributed by atoms with Gasteiger partial charge in [-0.25, -0.2) is 0 Å². The predicted molar refractivity (Wildman–Crippen MR) is 155 cm³/mol. The van der Waals surface area contributed by atoms with Crippen LogP contribution in [0.25, 0.3) is 5.69 Å². The first-order valence-corrected chi connectivity index (χ1v) is 14.4. The number of benzene rings is 3. The summed E-state index contributed by atoms with van der Waals surface area (Å²) >= 11 is 16.9. The lowest BCUT2D eigenvalue weighted by molar-refractivity contribution is -0.116. The molecule has 0 spiro atoms. The van der Waals surface area contributed by atoms with Gasteiger partial charge in [0.1, 0.15) is 0 Å². The van der Waals surface area contributed by atoms with Crippen LogP contribution in [0.1, 0.15) is 28.2 Å². The highest BCUT2D eigenvalue weighted by Gasteiger charge is 2.24. The van der Waals surface area contributed by atoms with Crippen molar-refractivity contribution < 1.29 is 9.59 Å². The number of amides is 2. The molecule has 38 heavy (non-hydrogen) atoms. The third kappa shape index (κ3) is 5.91. The number of halogens is 3. The zero-order valence-electron chi connectivity index (χ0n) is 20.0. The molecule has 2 heterocycles. The number of hydrogen-bond acceptors (Lipinski definition) is 5. The second-order valence-corrected chi connectivity index (χ2v) is 11.3. The minimum Gasteiger partial charge on any atom is -0.345 e. The Hall–Kier alpha value is -2.85. The van der Waals surface area contributed by atoms with Crippen LogP contribution in [0.2, 0.25) is 10.0 Å². The molecule has 7 nitrogen and oxygen atoms in total. The van der Waals surface area contributed by atoms with Crippen LogP contribution in [-0.4, -0.2) is 38.9 Å². The second-order valence-electron chi connectivity index (χ2n) is 8.58. The number of nitrogens with one attached hydrogen (secondary N) is 1. The van der Waals surface area contributed by atoms with Gasteiger partial charge in [-0.3, -0.25) is 14.2 Å². The van der Waals surface area contributed by atoms with E-state index in [4.69, 9.17) is 23.2 Å². The molecule has 4 aromatic rings. The number of fused-ring (bicyclic) bond motifs is 1. The minimum atomic E-state index is -0.356. The summed E-state index contributed by atoms with van der Waals surface area (Å²) in [5, 5.41) is 12.8. The van der Waals surface area contributed by atoms with E-state index in [2.05, 4.69) is 37.5 Å². The highest BCUT2D eigenvalue weighted by atomic mass is 79.9. The van der Waals surface area contributed by atoms with Gasteiger partial charge in [0.2, 0.25) is 5.91 Å². The van der Waals surface area contributed by atoms with Crippen molar-refractivity contribution in [2.75, 3.05) is 17.2 Å². The van der Waals surface area contributed by atoms with Crippen molar-refractivity contribution in [3.8, 4) is 5.69 Å². The molecular formula is C27H22BrCl2N5O2S. The quantitative estimate of drug-likeness (QED) is 0.241. The summed E-state index contributed by atoms with van der Waals surface area (Å²) in [4.78, 5) is 27.9. The molecule has 0 saturated heterocycles. The maximum Gasteiger partial charge on any atom is 0.253 e. The summed E-state index contributed by atoms with van der Waals surface area (Å²) < 4.78 is 2.77. The molecule has 1 aromatic heterocycles. The fourth-order valence-corrected chi connectivity index (χ4v) is 5.89. The van der Waals surface area contributed by atoms with Crippen LogP contribution in [0.4, 0.5) is 5.69 Å². The van der Waals surface area contributed by atoms with Crippen molar-refractivity contribution >= 4 is 68.4 Å². The molecule has 0 atom stereocenters. The number of carbonyl (C=O) groups is 2. The van der Waals surface area contributed by atoms with Gasteiger partial charge >= 0.3 is 0 Å². The van der Waals surface area contributed by atoms with Gasteiger partial charge < -0.3 is 10.2 Å². The summed E-state index contributed by atoms with van der Waals surface area (Å²) in [6.45, 7) is 0.801. The number of carbonyl (C=O) groups excluding carboxylic acids is 2. The van der Waals surface area contributed by atoms with Crippen molar-refractivity contribution in [2.45, 2.75) is 24.5 Å². The molecule has 194 valence electrons. The first-order valence-electron chi connectivity index (χ1n) is 11.9. The van der Waals surface area contributed by atoms with Gasteiger partial charge in [0.15, 0.2) is 11.0 Å². The Balaban J connectivity index is 1.35. The third-order valence-corrected chi connectivity index (χ3v) is 8.09. The number of para-hydroxylation sites is 1. The predicted octanol–water partition coefficient (Wildman–Crippen LogP) is 6.34. The number of hydrogen-bond donors (Lipinski definition) is 1. The lowest BCUT2D eigenvalue weighted by atomic mass is 10.0. The van der Waals surface area contributed by atoms with E-state index in [0.717, 1.165) is 28.7 Å². The Kier molecular flexibility index (Phi) is 8.38. The standard InChI is InChI=1S/C27H22BrCl2N5O2S/c28-18-7-10-20(11-8-18)35-24(15-31-26(37)21-12-9-19(29)14-22(21)30)32-33-27(35)38-16-25(36)34-13-3-5-17-4-1-2-6-23(17)34/h1-2,4,6-12,14H,3,5,13,15-16H2,(H,31,37). The van der Waals surface area contributed by atoms with Crippen LogP contribution < -0.4 is 10.2 Å². The fourth-order valence-electron chi connectivity index (χ4n) is 4.28. The van der Waals surface area contributed by atoms with Crippen molar-refractivity contribution in [1.29, 1.82) is 0 Å². The van der Waals surface area contributed by atoms with Crippen LogP contribution in [0, 0.1) is 0 Å². The molecule has 1 aliphatic rings. The van der Waals surface area contributed by atoms with E-state index >= 15 is 0 Å². The zero-order chi connectivity index (χ0) is 26.6. The fraction of sp³-hybridized carbons (Fsp3) is 0.185. The highest BCUT2D eigenvalue weighted by molar-refractivity contribution is 9.10. The largest absolute Gasteiger partial charge is 0.345 e. The molecule has 0 unspecified atom stereocenters.